The summed E-state index contributed by atoms with van der Waals surface area (Å²) in [7, 11) is 1.60. The van der Waals surface area contributed by atoms with E-state index in [1.165, 1.54) is 6.42 Å². The molecule has 0 saturated heterocycles. The number of nitrogens with one attached hydrogen (secondary N) is 1. The number of ether oxygens (including phenoxy) is 1. The molecule has 0 aliphatic rings. The van der Waals surface area contributed by atoms with Crippen LogP contribution in [0.5, 0.6) is 11.5 Å². The van der Waals surface area contributed by atoms with Crippen LogP contribution in [0.3, 0.4) is 0 Å². The van der Waals surface area contributed by atoms with Gasteiger partial charge in [-0.25, -0.2) is 0 Å². The maximum absolute atomic E-state index is 9.83. The maximum atomic E-state index is 9.83. The van der Waals surface area contributed by atoms with Gasteiger partial charge in [0.25, 0.3) is 0 Å². The number of benzene rings is 1. The molecule has 3 heteroatoms. The lowest BCUT2D eigenvalue weighted by atomic mass is 10.0. The van der Waals surface area contributed by atoms with Crippen molar-refractivity contribution in [2.75, 3.05) is 7.11 Å². The molecular weight excluding hydrogens is 226 g/mol. The summed E-state index contributed by atoms with van der Waals surface area (Å²) in [4.78, 5) is 0. The topological polar surface area (TPSA) is 41.5 Å². The molecule has 0 heterocycles. The highest BCUT2D eigenvalue weighted by molar-refractivity contribution is 5.39. The van der Waals surface area contributed by atoms with Gasteiger partial charge in [-0.05, 0) is 31.7 Å². The molecule has 0 saturated carbocycles. The summed E-state index contributed by atoms with van der Waals surface area (Å²) >= 11 is 0. The Bertz CT molecular complexity index is 364. The molecule has 1 unspecified atom stereocenters. The molecule has 102 valence electrons. The summed E-state index contributed by atoms with van der Waals surface area (Å²) in [5, 5.41) is 13.3. The number of methoxy groups -OCH3 is 1. The Morgan fingerprint density at radius 2 is 1.94 bits per heavy atom. The SMILES string of the molecule is COc1ccc(CNC(C)CCC(C)C)c(O)c1. The summed E-state index contributed by atoms with van der Waals surface area (Å²) in [6, 6.07) is 5.88. The molecule has 1 rings (SSSR count). The van der Waals surface area contributed by atoms with Crippen LogP contribution in [0.15, 0.2) is 18.2 Å². The van der Waals surface area contributed by atoms with E-state index in [1.54, 1.807) is 13.2 Å². The minimum absolute atomic E-state index is 0.290. The van der Waals surface area contributed by atoms with Crippen molar-refractivity contribution in [2.24, 2.45) is 5.92 Å². The molecule has 0 radical (unpaired) electrons. The van der Waals surface area contributed by atoms with Crippen LogP contribution in [0.1, 0.15) is 39.2 Å². The van der Waals surface area contributed by atoms with Crippen LogP contribution >= 0.6 is 0 Å². The van der Waals surface area contributed by atoms with E-state index in [2.05, 4.69) is 26.1 Å². The molecule has 3 nitrogen and oxygen atoms in total. The van der Waals surface area contributed by atoms with Crippen molar-refractivity contribution < 1.29 is 9.84 Å². The van der Waals surface area contributed by atoms with Gasteiger partial charge >= 0.3 is 0 Å². The molecule has 0 spiro atoms. The van der Waals surface area contributed by atoms with Gasteiger partial charge in [-0.15, -0.1) is 0 Å². The molecule has 1 atom stereocenters. The first kappa shape index (κ1) is 14.8. The normalized spacial score (nSPS) is 12.7. The second kappa shape index (κ2) is 7.27. The van der Waals surface area contributed by atoms with Gasteiger partial charge in [0.1, 0.15) is 11.5 Å². The van der Waals surface area contributed by atoms with Gasteiger partial charge < -0.3 is 15.2 Å². The van der Waals surface area contributed by atoms with Gasteiger partial charge in [0.15, 0.2) is 0 Å². The first-order chi connectivity index (χ1) is 8.52. The molecule has 0 aliphatic heterocycles. The monoisotopic (exact) mass is 251 g/mol. The van der Waals surface area contributed by atoms with Crippen LogP contribution in [0.25, 0.3) is 0 Å². The fourth-order valence-electron chi connectivity index (χ4n) is 1.79. The number of aromatic hydroxyl groups is 1. The molecule has 0 amide bonds. The zero-order chi connectivity index (χ0) is 13.5. The van der Waals surface area contributed by atoms with Crippen LogP contribution in [0.2, 0.25) is 0 Å². The smallest absolute Gasteiger partial charge is 0.123 e. The molecule has 0 aliphatic carbocycles. The van der Waals surface area contributed by atoms with Gasteiger partial charge in [-0.2, -0.15) is 0 Å². The fourth-order valence-corrected chi connectivity index (χ4v) is 1.79. The Balaban J connectivity index is 2.43. The first-order valence-corrected chi connectivity index (χ1v) is 6.62. The molecule has 1 aromatic carbocycles. The molecule has 2 N–H and O–H groups in total. The van der Waals surface area contributed by atoms with Crippen molar-refractivity contribution in [1.29, 1.82) is 0 Å². The van der Waals surface area contributed by atoms with Crippen molar-refractivity contribution in [1.82, 2.24) is 5.32 Å². The Kier molecular flexibility index (Phi) is 5.99. The van der Waals surface area contributed by atoms with Crippen LogP contribution < -0.4 is 10.1 Å². The lowest BCUT2D eigenvalue weighted by molar-refractivity contribution is 0.404. The predicted molar refractivity (Wildman–Crippen MR) is 75.0 cm³/mol. The Labute approximate surface area is 110 Å². The summed E-state index contributed by atoms with van der Waals surface area (Å²) in [5.74, 6) is 1.71. The summed E-state index contributed by atoms with van der Waals surface area (Å²) in [6.07, 6.45) is 2.39. The van der Waals surface area contributed by atoms with Crippen molar-refractivity contribution in [3.63, 3.8) is 0 Å². The zero-order valence-corrected chi connectivity index (χ0v) is 11.9. The van der Waals surface area contributed by atoms with E-state index in [4.69, 9.17) is 4.74 Å². The van der Waals surface area contributed by atoms with Crippen molar-refractivity contribution in [2.45, 2.75) is 46.2 Å². The largest absolute Gasteiger partial charge is 0.507 e. The summed E-state index contributed by atoms with van der Waals surface area (Å²) < 4.78 is 5.06. The van der Waals surface area contributed by atoms with E-state index in [9.17, 15) is 5.11 Å². The number of phenolic OH excluding ortho intramolecular Hbond substituents is 1. The van der Waals surface area contributed by atoms with E-state index in [1.807, 2.05) is 12.1 Å². The van der Waals surface area contributed by atoms with Crippen molar-refractivity contribution in [3.05, 3.63) is 23.8 Å². The number of phenols is 1. The van der Waals surface area contributed by atoms with Gasteiger partial charge in [0.05, 0.1) is 7.11 Å². The molecule has 18 heavy (non-hydrogen) atoms. The van der Waals surface area contributed by atoms with E-state index < -0.39 is 0 Å². The lowest BCUT2D eigenvalue weighted by Crippen LogP contribution is -2.25. The average molecular weight is 251 g/mol. The number of hydrogen-bond donors (Lipinski definition) is 2. The van der Waals surface area contributed by atoms with Gasteiger partial charge in [-0.1, -0.05) is 19.9 Å². The number of hydrogen-bond acceptors (Lipinski definition) is 3. The highest BCUT2D eigenvalue weighted by Gasteiger charge is 2.06. The molecule has 0 aromatic heterocycles. The summed E-state index contributed by atoms with van der Waals surface area (Å²) in [5.41, 5.74) is 0.909. The maximum Gasteiger partial charge on any atom is 0.123 e. The summed E-state index contributed by atoms with van der Waals surface area (Å²) in [6.45, 7) is 7.35. The first-order valence-electron chi connectivity index (χ1n) is 6.62. The molecule has 0 bridgehead atoms. The second-order valence-corrected chi connectivity index (χ2v) is 5.25. The Hall–Kier alpha value is -1.22. The number of rotatable bonds is 7. The highest BCUT2D eigenvalue weighted by atomic mass is 16.5. The molecule has 0 fully saturated rings. The third kappa shape index (κ3) is 4.96. The third-order valence-electron chi connectivity index (χ3n) is 3.11. The van der Waals surface area contributed by atoms with Gasteiger partial charge in [0, 0.05) is 24.2 Å². The van der Waals surface area contributed by atoms with E-state index in [0.717, 1.165) is 17.9 Å². The van der Waals surface area contributed by atoms with Gasteiger partial charge in [0.2, 0.25) is 0 Å². The zero-order valence-electron chi connectivity index (χ0n) is 11.9. The molecule has 1 aromatic rings. The van der Waals surface area contributed by atoms with Crippen LogP contribution in [-0.2, 0) is 6.54 Å². The lowest BCUT2D eigenvalue weighted by Gasteiger charge is -2.15. The third-order valence-corrected chi connectivity index (χ3v) is 3.11. The fraction of sp³-hybridized carbons (Fsp3) is 0.600. The Morgan fingerprint density at radius 1 is 1.22 bits per heavy atom. The molecular formula is C15H25NO2. The van der Waals surface area contributed by atoms with E-state index in [-0.39, 0.29) is 5.75 Å². The predicted octanol–water partition coefficient (Wildman–Crippen LogP) is 3.32. The quantitative estimate of drug-likeness (QED) is 0.781. The average Bonchev–Trinajstić information content (AvgIpc) is 2.34. The van der Waals surface area contributed by atoms with Crippen LogP contribution in [0.4, 0.5) is 0 Å². The highest BCUT2D eigenvalue weighted by Crippen LogP contribution is 2.23. The second-order valence-electron chi connectivity index (χ2n) is 5.25. The van der Waals surface area contributed by atoms with Crippen molar-refractivity contribution >= 4 is 0 Å². The van der Waals surface area contributed by atoms with E-state index in [0.29, 0.717) is 18.3 Å². The van der Waals surface area contributed by atoms with Crippen LogP contribution in [0, 0.1) is 5.92 Å². The van der Waals surface area contributed by atoms with E-state index >= 15 is 0 Å². The van der Waals surface area contributed by atoms with Crippen molar-refractivity contribution in [3.8, 4) is 11.5 Å². The minimum atomic E-state index is 0.290. The standard InChI is InChI=1S/C15H25NO2/c1-11(2)5-6-12(3)16-10-13-7-8-14(18-4)9-15(13)17/h7-9,11-12,16-17H,5-6,10H2,1-4H3. The van der Waals surface area contributed by atoms with Gasteiger partial charge in [-0.3, -0.25) is 0 Å². The van der Waals surface area contributed by atoms with Crippen LogP contribution in [-0.4, -0.2) is 18.3 Å². The Morgan fingerprint density at radius 3 is 2.50 bits per heavy atom. The minimum Gasteiger partial charge on any atom is -0.507 e.